The second-order valence-corrected chi connectivity index (χ2v) is 17.2. The number of nitro groups is 1. The standard InChI is InChI=1S/C43H44N6O7S/c1-26-4-2-5-33-35-21-28(8-12-37(35)48-17-3-6-38(48)41(26)33)29-7-10-34(40(22-29)56-31-20-30-13-16-44-42(30)46-25-31)43(50)47-57(53,54)32-9-11-36(39(23-32)49(51)52)45-24-27-14-18-55-19-15-27/h2,4-5,7-11,13,16,20,22-23,25,27,35,37-38,45H,3,6,12,14-15,17-19,21,24H2,1H3,(H,44,46)(H,47,50). The minimum atomic E-state index is -4.55. The zero-order chi connectivity index (χ0) is 39.3. The number of aryl methyl sites for hydroxylation is 1. The molecule has 1 amide bonds. The smallest absolute Gasteiger partial charge is 0.293 e. The van der Waals surface area contributed by atoms with Gasteiger partial charge in [0.15, 0.2) is 0 Å². The average Bonchev–Trinajstić information content (AvgIpc) is 3.90. The van der Waals surface area contributed by atoms with Gasteiger partial charge in [-0.05, 0) is 122 Å². The zero-order valence-electron chi connectivity index (χ0n) is 31.6. The number of sulfonamides is 1. The third-order valence-electron chi connectivity index (χ3n) is 12.1. The van der Waals surface area contributed by atoms with Crippen molar-refractivity contribution in [2.75, 3.05) is 31.6 Å². The molecule has 3 N–H and O–H groups in total. The SMILES string of the molecule is Cc1cccc2c1C1CCCN1C1CC=C(c3ccc(C(=O)NS(=O)(=O)c4ccc(NCC5CCOCC5)c([N+](=O)[O-])c4)c(Oc4cnc5[nH]ccc5c4)c3)CC21. The second-order valence-electron chi connectivity index (χ2n) is 15.5. The number of ether oxygens (including phenoxy) is 2. The summed E-state index contributed by atoms with van der Waals surface area (Å²) in [7, 11) is -4.55. The zero-order valence-corrected chi connectivity index (χ0v) is 32.4. The van der Waals surface area contributed by atoms with Crippen LogP contribution in [0.25, 0.3) is 16.6 Å². The predicted octanol–water partition coefficient (Wildman–Crippen LogP) is 8.01. The Balaban J connectivity index is 1.01. The molecule has 57 heavy (non-hydrogen) atoms. The minimum absolute atomic E-state index is 0.0198. The van der Waals surface area contributed by atoms with Crippen molar-refractivity contribution in [2.45, 2.75) is 68.3 Å². The number of hydrogen-bond donors (Lipinski definition) is 3. The van der Waals surface area contributed by atoms with Gasteiger partial charge in [0, 0.05) is 55.4 Å². The Morgan fingerprint density at radius 1 is 1.09 bits per heavy atom. The highest BCUT2D eigenvalue weighted by atomic mass is 32.2. The summed E-state index contributed by atoms with van der Waals surface area (Å²) < 4.78 is 41.3. The lowest BCUT2D eigenvalue weighted by Gasteiger charge is -2.47. The van der Waals surface area contributed by atoms with Gasteiger partial charge >= 0.3 is 0 Å². The average molecular weight is 789 g/mol. The number of benzene rings is 3. The normalized spacial score (nSPS) is 20.9. The number of pyridine rings is 1. The van der Waals surface area contributed by atoms with Gasteiger partial charge < -0.3 is 19.8 Å². The lowest BCUT2D eigenvalue weighted by molar-refractivity contribution is -0.384. The van der Waals surface area contributed by atoms with Gasteiger partial charge in [0.25, 0.3) is 21.6 Å². The van der Waals surface area contributed by atoms with Gasteiger partial charge in [-0.1, -0.05) is 30.3 Å². The second kappa shape index (κ2) is 15.1. The van der Waals surface area contributed by atoms with E-state index >= 15 is 0 Å². The van der Waals surface area contributed by atoms with E-state index in [1.807, 2.05) is 12.1 Å². The topological polar surface area (TPSA) is 169 Å². The highest BCUT2D eigenvalue weighted by Gasteiger charge is 2.44. The van der Waals surface area contributed by atoms with Crippen molar-refractivity contribution in [1.29, 1.82) is 0 Å². The van der Waals surface area contributed by atoms with Gasteiger partial charge in [-0.3, -0.25) is 19.8 Å². The number of carbonyl (C=O) groups excluding carboxylic acids is 1. The molecule has 0 bridgehead atoms. The number of carbonyl (C=O) groups is 1. The Morgan fingerprint density at radius 2 is 1.95 bits per heavy atom. The van der Waals surface area contributed by atoms with Crippen LogP contribution in [0.15, 0.2) is 90.1 Å². The first-order chi connectivity index (χ1) is 27.6. The third-order valence-corrected chi connectivity index (χ3v) is 13.5. The molecule has 5 aromatic rings. The van der Waals surface area contributed by atoms with Crippen molar-refractivity contribution < 1.29 is 27.6 Å². The van der Waals surface area contributed by atoms with Crippen molar-refractivity contribution in [3.63, 3.8) is 0 Å². The number of nitrogens with one attached hydrogen (secondary N) is 3. The summed E-state index contributed by atoms with van der Waals surface area (Å²) >= 11 is 0. The van der Waals surface area contributed by atoms with E-state index in [2.05, 4.69) is 56.1 Å². The molecule has 9 rings (SSSR count). The summed E-state index contributed by atoms with van der Waals surface area (Å²) in [6.45, 7) is 5.06. The summed E-state index contributed by atoms with van der Waals surface area (Å²) in [5, 5.41) is 16.0. The van der Waals surface area contributed by atoms with Gasteiger partial charge in [0.2, 0.25) is 0 Å². The van der Waals surface area contributed by atoms with Crippen LogP contribution in [0, 0.1) is 23.0 Å². The van der Waals surface area contributed by atoms with Crippen LogP contribution in [0.3, 0.4) is 0 Å². The van der Waals surface area contributed by atoms with Crippen molar-refractivity contribution in [2.24, 2.45) is 5.92 Å². The Labute approximate surface area is 330 Å². The highest BCUT2D eigenvalue weighted by Crippen LogP contribution is 2.52. The Hall–Kier alpha value is -5.57. The number of aromatic nitrogens is 2. The van der Waals surface area contributed by atoms with Crippen LogP contribution in [-0.2, 0) is 14.8 Å². The lowest BCUT2D eigenvalue weighted by atomic mass is 9.71. The minimum Gasteiger partial charge on any atom is -0.455 e. The molecule has 14 heteroatoms. The fraction of sp³-hybridized carbons (Fsp3) is 0.349. The molecule has 0 spiro atoms. The molecule has 0 radical (unpaired) electrons. The molecule has 5 heterocycles. The largest absolute Gasteiger partial charge is 0.455 e. The Bertz CT molecular complexity index is 2530. The molecule has 2 fully saturated rings. The van der Waals surface area contributed by atoms with E-state index in [-0.39, 0.29) is 22.9 Å². The number of amides is 1. The first-order valence-electron chi connectivity index (χ1n) is 19.6. The van der Waals surface area contributed by atoms with E-state index in [1.54, 1.807) is 30.6 Å². The van der Waals surface area contributed by atoms with E-state index in [0.29, 0.717) is 49.2 Å². The molecule has 3 unspecified atom stereocenters. The van der Waals surface area contributed by atoms with E-state index in [1.165, 1.54) is 41.7 Å². The Morgan fingerprint density at radius 3 is 2.79 bits per heavy atom. The van der Waals surface area contributed by atoms with Crippen LogP contribution in [0.5, 0.6) is 11.5 Å². The summed E-state index contributed by atoms with van der Waals surface area (Å²) in [6.07, 6.45) is 11.3. The van der Waals surface area contributed by atoms with E-state index in [0.717, 1.165) is 54.8 Å². The summed E-state index contributed by atoms with van der Waals surface area (Å²) in [5.74, 6) is 0.162. The van der Waals surface area contributed by atoms with Crippen LogP contribution in [0.4, 0.5) is 11.4 Å². The number of hydrogen-bond acceptors (Lipinski definition) is 10. The number of allylic oxidation sites excluding steroid dienone is 1. The van der Waals surface area contributed by atoms with Gasteiger partial charge in [0.05, 0.1) is 21.6 Å². The van der Waals surface area contributed by atoms with Crippen LogP contribution in [-0.4, -0.2) is 66.5 Å². The van der Waals surface area contributed by atoms with Gasteiger partial charge in [-0.15, -0.1) is 0 Å². The number of nitro benzene ring substituents is 1. The fourth-order valence-corrected chi connectivity index (χ4v) is 10.3. The third kappa shape index (κ3) is 7.17. The van der Waals surface area contributed by atoms with Crippen LogP contribution >= 0.6 is 0 Å². The van der Waals surface area contributed by atoms with Crippen molar-refractivity contribution >= 4 is 43.9 Å². The van der Waals surface area contributed by atoms with Gasteiger partial charge in [-0.2, -0.15) is 0 Å². The number of nitrogens with zero attached hydrogens (tertiary/aromatic N) is 3. The van der Waals surface area contributed by atoms with Crippen molar-refractivity contribution in [3.05, 3.63) is 123 Å². The molecule has 2 saturated heterocycles. The molecule has 3 aliphatic heterocycles. The molecule has 3 aromatic carbocycles. The monoisotopic (exact) mass is 788 g/mol. The Kier molecular flexibility index (Phi) is 9.79. The summed E-state index contributed by atoms with van der Waals surface area (Å²) in [6, 6.07) is 20.0. The van der Waals surface area contributed by atoms with Crippen molar-refractivity contribution in [1.82, 2.24) is 19.6 Å². The van der Waals surface area contributed by atoms with Crippen LogP contribution < -0.4 is 14.8 Å². The first-order valence-corrected chi connectivity index (χ1v) is 21.1. The summed E-state index contributed by atoms with van der Waals surface area (Å²) in [5.41, 5.74) is 6.66. The number of rotatable bonds is 10. The molecule has 4 aliphatic rings. The fourth-order valence-electron chi connectivity index (χ4n) is 9.30. The van der Waals surface area contributed by atoms with E-state index in [4.69, 9.17) is 9.47 Å². The molecule has 1 aliphatic carbocycles. The number of anilines is 1. The highest BCUT2D eigenvalue weighted by molar-refractivity contribution is 7.90. The summed E-state index contributed by atoms with van der Waals surface area (Å²) in [4.78, 5) is 35.2. The first kappa shape index (κ1) is 37.0. The van der Waals surface area contributed by atoms with Gasteiger partial charge in [-0.25, -0.2) is 18.1 Å². The predicted molar refractivity (Wildman–Crippen MR) is 216 cm³/mol. The van der Waals surface area contributed by atoms with Crippen LogP contribution in [0.2, 0.25) is 0 Å². The maximum absolute atomic E-state index is 14.0. The molecule has 0 saturated carbocycles. The molecule has 13 nitrogen and oxygen atoms in total. The molecular formula is C43H44N6O7S. The number of aromatic amines is 1. The molecule has 294 valence electrons. The lowest BCUT2D eigenvalue weighted by Crippen LogP contribution is -2.44. The van der Waals surface area contributed by atoms with Gasteiger partial charge in [0.1, 0.15) is 22.8 Å². The maximum Gasteiger partial charge on any atom is 0.293 e. The maximum atomic E-state index is 14.0. The van der Waals surface area contributed by atoms with E-state index in [9.17, 15) is 23.3 Å². The quantitative estimate of drug-likeness (QED) is 0.0931. The van der Waals surface area contributed by atoms with Crippen LogP contribution in [0.1, 0.15) is 83.1 Å². The van der Waals surface area contributed by atoms with Crippen molar-refractivity contribution in [3.8, 4) is 11.5 Å². The molecular weight excluding hydrogens is 745 g/mol. The number of fused-ring (bicyclic) bond motifs is 7. The number of H-pyrrole nitrogens is 1. The molecule has 3 atom stereocenters. The molecule has 2 aromatic heterocycles. The van der Waals surface area contributed by atoms with E-state index < -0.39 is 31.4 Å².